The second-order valence-electron chi connectivity index (χ2n) is 5.51. The van der Waals surface area contributed by atoms with Crippen LogP contribution in [0.4, 0.5) is 0 Å². The maximum atomic E-state index is 12.0. The lowest BCUT2D eigenvalue weighted by atomic mass is 10.2. The molecule has 7 heteroatoms. The molecule has 3 rings (SSSR count). The minimum atomic E-state index is -0.158. The van der Waals surface area contributed by atoms with Gasteiger partial charge in [0.25, 0.3) is 5.91 Å². The number of carbonyl (C=O) groups is 1. The number of para-hydroxylation sites is 1. The number of nitrogens with two attached hydrogens (primary N) is 1. The van der Waals surface area contributed by atoms with Crippen molar-refractivity contribution in [3.8, 4) is 11.6 Å². The van der Waals surface area contributed by atoms with Crippen LogP contribution in [0.3, 0.4) is 0 Å². The average Bonchev–Trinajstić information content (AvgIpc) is 3.39. The van der Waals surface area contributed by atoms with E-state index in [-0.39, 0.29) is 36.8 Å². The van der Waals surface area contributed by atoms with Crippen LogP contribution in [0.2, 0.25) is 0 Å². The van der Waals surface area contributed by atoms with Crippen molar-refractivity contribution in [1.82, 2.24) is 10.3 Å². The zero-order valence-corrected chi connectivity index (χ0v) is 14.7. The zero-order valence-electron chi connectivity index (χ0n) is 13.1. The van der Waals surface area contributed by atoms with Gasteiger partial charge in [-0.25, -0.2) is 4.98 Å². The van der Waals surface area contributed by atoms with Gasteiger partial charge in [0.2, 0.25) is 5.88 Å². The van der Waals surface area contributed by atoms with Gasteiger partial charge in [-0.05, 0) is 37.0 Å². The van der Waals surface area contributed by atoms with E-state index in [1.54, 1.807) is 12.1 Å². The molecule has 24 heavy (non-hydrogen) atoms. The van der Waals surface area contributed by atoms with Crippen LogP contribution >= 0.6 is 24.8 Å². The highest BCUT2D eigenvalue weighted by molar-refractivity contribution is 5.93. The molecule has 5 nitrogen and oxygen atoms in total. The molecule has 1 fully saturated rings. The van der Waals surface area contributed by atoms with Crippen LogP contribution in [0.1, 0.15) is 23.2 Å². The molecular weight excluding hydrogens is 349 g/mol. The topological polar surface area (TPSA) is 77.2 Å². The molecule has 1 aliphatic rings. The summed E-state index contributed by atoms with van der Waals surface area (Å²) in [5.41, 5.74) is 6.47. The predicted molar refractivity (Wildman–Crippen MR) is 98.3 cm³/mol. The molecule has 1 heterocycles. The molecule has 0 radical (unpaired) electrons. The zero-order chi connectivity index (χ0) is 15.4. The van der Waals surface area contributed by atoms with E-state index in [4.69, 9.17) is 10.5 Å². The number of rotatable bonds is 6. The number of aromatic nitrogens is 1. The highest BCUT2D eigenvalue weighted by atomic mass is 35.5. The Morgan fingerprint density at radius 3 is 2.50 bits per heavy atom. The summed E-state index contributed by atoms with van der Waals surface area (Å²) in [6, 6.07) is 12.8. The van der Waals surface area contributed by atoms with Crippen LogP contribution in [0, 0.1) is 5.92 Å². The van der Waals surface area contributed by atoms with Crippen molar-refractivity contribution < 1.29 is 9.53 Å². The smallest absolute Gasteiger partial charge is 0.252 e. The summed E-state index contributed by atoms with van der Waals surface area (Å²) in [4.78, 5) is 16.2. The Morgan fingerprint density at radius 2 is 1.92 bits per heavy atom. The van der Waals surface area contributed by atoms with Crippen molar-refractivity contribution in [2.24, 2.45) is 11.7 Å². The number of amides is 1. The Bertz CT molecular complexity index is 634. The number of benzene rings is 1. The van der Waals surface area contributed by atoms with E-state index in [1.165, 1.54) is 19.0 Å². The Kier molecular flexibility index (Phi) is 7.98. The molecule has 1 atom stereocenters. The van der Waals surface area contributed by atoms with Crippen LogP contribution in [0.25, 0.3) is 0 Å². The summed E-state index contributed by atoms with van der Waals surface area (Å²) in [6.45, 7) is 0.506. The molecule has 0 spiro atoms. The summed E-state index contributed by atoms with van der Waals surface area (Å²) in [7, 11) is 0. The van der Waals surface area contributed by atoms with E-state index in [0.29, 0.717) is 29.7 Å². The van der Waals surface area contributed by atoms with Crippen LogP contribution in [0.15, 0.2) is 48.7 Å². The van der Waals surface area contributed by atoms with Crippen LogP contribution in [-0.2, 0) is 0 Å². The van der Waals surface area contributed by atoms with Gasteiger partial charge in [-0.3, -0.25) is 4.79 Å². The molecule has 0 bridgehead atoms. The number of hydrogen-bond donors (Lipinski definition) is 2. The standard InChI is InChI=1S/C17H19N3O2.2ClH/c18-15(12-6-7-12)11-20-17(21)13-8-9-16(19-10-13)22-14-4-2-1-3-5-14;;/h1-5,8-10,12,15H,6-7,11,18H2,(H,20,21);2*1H. The minimum Gasteiger partial charge on any atom is -0.439 e. The molecular formula is C17H21Cl2N3O2. The van der Waals surface area contributed by atoms with Gasteiger partial charge in [-0.1, -0.05) is 18.2 Å². The van der Waals surface area contributed by atoms with E-state index in [2.05, 4.69) is 10.3 Å². The minimum absolute atomic E-state index is 0. The first kappa shape index (κ1) is 20.2. The molecule has 1 aromatic carbocycles. The summed E-state index contributed by atoms with van der Waals surface area (Å²) in [5, 5.41) is 2.84. The van der Waals surface area contributed by atoms with E-state index in [1.807, 2.05) is 30.3 Å². The van der Waals surface area contributed by atoms with Crippen molar-refractivity contribution in [3.63, 3.8) is 0 Å². The van der Waals surface area contributed by atoms with Crippen LogP contribution in [0.5, 0.6) is 11.6 Å². The number of pyridine rings is 1. The van der Waals surface area contributed by atoms with Gasteiger partial charge in [0.05, 0.1) is 5.56 Å². The van der Waals surface area contributed by atoms with E-state index < -0.39 is 0 Å². The summed E-state index contributed by atoms with van der Waals surface area (Å²) in [6.07, 6.45) is 3.85. The number of nitrogens with zero attached hydrogens (tertiary/aromatic N) is 1. The normalized spacial score (nSPS) is 13.9. The highest BCUT2D eigenvalue weighted by Gasteiger charge is 2.28. The van der Waals surface area contributed by atoms with Gasteiger partial charge in [-0.2, -0.15) is 0 Å². The quantitative estimate of drug-likeness (QED) is 0.819. The SMILES string of the molecule is Cl.Cl.NC(CNC(=O)c1ccc(Oc2ccccc2)nc1)C1CC1. The third-order valence-corrected chi connectivity index (χ3v) is 3.69. The Morgan fingerprint density at radius 1 is 1.21 bits per heavy atom. The molecule has 1 aromatic heterocycles. The van der Waals surface area contributed by atoms with Gasteiger partial charge in [-0.15, -0.1) is 24.8 Å². The first-order chi connectivity index (χ1) is 10.7. The fraction of sp³-hybridized carbons (Fsp3) is 0.294. The van der Waals surface area contributed by atoms with Crippen molar-refractivity contribution in [2.45, 2.75) is 18.9 Å². The lowest BCUT2D eigenvalue weighted by molar-refractivity contribution is 0.0950. The fourth-order valence-electron chi connectivity index (χ4n) is 2.19. The third kappa shape index (κ3) is 5.67. The maximum absolute atomic E-state index is 12.0. The van der Waals surface area contributed by atoms with E-state index in [9.17, 15) is 4.79 Å². The second-order valence-corrected chi connectivity index (χ2v) is 5.51. The van der Waals surface area contributed by atoms with Gasteiger partial charge in [0, 0.05) is 24.8 Å². The van der Waals surface area contributed by atoms with Gasteiger partial charge < -0.3 is 15.8 Å². The van der Waals surface area contributed by atoms with Crippen molar-refractivity contribution in [2.75, 3.05) is 6.54 Å². The number of nitrogens with one attached hydrogen (secondary N) is 1. The first-order valence-electron chi connectivity index (χ1n) is 7.45. The molecule has 0 aliphatic heterocycles. The Balaban J connectivity index is 0.00000144. The second kappa shape index (κ2) is 9.47. The van der Waals surface area contributed by atoms with E-state index in [0.717, 1.165) is 0 Å². The molecule has 130 valence electrons. The number of ether oxygens (including phenoxy) is 1. The summed E-state index contributed by atoms with van der Waals surface area (Å²) in [5.74, 6) is 1.58. The molecule has 1 saturated carbocycles. The molecule has 2 aromatic rings. The monoisotopic (exact) mass is 369 g/mol. The largest absolute Gasteiger partial charge is 0.439 e. The highest BCUT2D eigenvalue weighted by Crippen LogP contribution is 2.31. The molecule has 0 saturated heterocycles. The number of hydrogen-bond acceptors (Lipinski definition) is 4. The van der Waals surface area contributed by atoms with E-state index >= 15 is 0 Å². The third-order valence-electron chi connectivity index (χ3n) is 3.69. The molecule has 3 N–H and O–H groups in total. The lowest BCUT2D eigenvalue weighted by Crippen LogP contribution is -2.38. The average molecular weight is 370 g/mol. The van der Waals surface area contributed by atoms with Gasteiger partial charge in [0.1, 0.15) is 5.75 Å². The Labute approximate surface area is 153 Å². The lowest BCUT2D eigenvalue weighted by Gasteiger charge is -2.11. The van der Waals surface area contributed by atoms with Crippen LogP contribution in [-0.4, -0.2) is 23.5 Å². The van der Waals surface area contributed by atoms with Crippen molar-refractivity contribution in [3.05, 3.63) is 54.2 Å². The van der Waals surface area contributed by atoms with Gasteiger partial charge >= 0.3 is 0 Å². The summed E-state index contributed by atoms with van der Waals surface area (Å²) < 4.78 is 5.59. The predicted octanol–water partition coefficient (Wildman–Crippen LogP) is 3.18. The van der Waals surface area contributed by atoms with Crippen molar-refractivity contribution in [1.29, 1.82) is 0 Å². The maximum Gasteiger partial charge on any atom is 0.252 e. The molecule has 1 unspecified atom stereocenters. The molecule has 1 aliphatic carbocycles. The number of halogens is 2. The number of carbonyl (C=O) groups excluding carboxylic acids is 1. The molecule has 1 amide bonds. The van der Waals surface area contributed by atoms with Gasteiger partial charge in [0.15, 0.2) is 0 Å². The fourth-order valence-corrected chi connectivity index (χ4v) is 2.19. The van der Waals surface area contributed by atoms with Crippen LogP contribution < -0.4 is 15.8 Å². The summed E-state index contributed by atoms with van der Waals surface area (Å²) >= 11 is 0. The van der Waals surface area contributed by atoms with Crippen molar-refractivity contribution >= 4 is 30.7 Å². The Hall–Kier alpha value is -1.82. The first-order valence-corrected chi connectivity index (χ1v) is 7.45.